The summed E-state index contributed by atoms with van der Waals surface area (Å²) in [7, 11) is 0. The molecule has 0 unspecified atom stereocenters. The van der Waals surface area contributed by atoms with Gasteiger partial charge in [0.15, 0.2) is 0 Å². The second-order valence-corrected chi connectivity index (χ2v) is 4.63. The molecule has 0 aliphatic carbocycles. The van der Waals surface area contributed by atoms with E-state index in [9.17, 15) is 18.0 Å². The summed E-state index contributed by atoms with van der Waals surface area (Å²) < 4.78 is 37.4. The summed E-state index contributed by atoms with van der Waals surface area (Å²) in [5.41, 5.74) is -0.333. The molecule has 1 rings (SSSR count). The average molecular weight is 264 g/mol. The van der Waals surface area contributed by atoms with Crippen molar-refractivity contribution in [1.29, 1.82) is 0 Å². The van der Waals surface area contributed by atoms with Gasteiger partial charge in [-0.05, 0) is 23.4 Å². The van der Waals surface area contributed by atoms with Gasteiger partial charge in [0.1, 0.15) is 0 Å². The normalized spacial score (nSPS) is 11.5. The second-order valence-electron chi connectivity index (χ2n) is 3.32. The van der Waals surface area contributed by atoms with E-state index >= 15 is 0 Å². The molecule has 0 saturated heterocycles. The molecule has 1 N–H and O–H groups in total. The Morgan fingerprint density at radius 3 is 2.53 bits per heavy atom. The Hall–Kier alpha value is -1.17. The van der Waals surface area contributed by atoms with Gasteiger partial charge in [0.05, 0.1) is 12.0 Å². The van der Waals surface area contributed by atoms with Crippen LogP contribution < -0.4 is 0 Å². The van der Waals surface area contributed by atoms with Crippen LogP contribution in [0.1, 0.15) is 18.1 Å². The molecule has 2 nitrogen and oxygen atoms in total. The minimum atomic E-state index is -4.40. The van der Waals surface area contributed by atoms with E-state index in [1.165, 1.54) is 17.8 Å². The second kappa shape index (κ2) is 5.44. The van der Waals surface area contributed by atoms with Crippen LogP contribution in [0.2, 0.25) is 0 Å². The van der Waals surface area contributed by atoms with Crippen molar-refractivity contribution in [2.45, 2.75) is 24.4 Å². The van der Waals surface area contributed by atoms with Crippen LogP contribution in [0.5, 0.6) is 0 Å². The quantitative estimate of drug-likeness (QED) is 0.846. The third-order valence-electron chi connectivity index (χ3n) is 2.04. The monoisotopic (exact) mass is 264 g/mol. The summed E-state index contributed by atoms with van der Waals surface area (Å²) in [5, 5.41) is 8.66. The molecule has 1 aromatic carbocycles. The number of carbonyl (C=O) groups is 1. The Bertz CT molecular complexity index is 416. The Balaban J connectivity index is 3.12. The van der Waals surface area contributed by atoms with Gasteiger partial charge in [-0.3, -0.25) is 4.79 Å². The molecule has 94 valence electrons. The molecular weight excluding hydrogens is 253 g/mol. The van der Waals surface area contributed by atoms with Crippen molar-refractivity contribution in [2.75, 3.05) is 5.75 Å². The van der Waals surface area contributed by atoms with E-state index in [1.54, 1.807) is 6.92 Å². The number of rotatable bonds is 4. The van der Waals surface area contributed by atoms with Gasteiger partial charge in [-0.15, -0.1) is 11.8 Å². The van der Waals surface area contributed by atoms with Crippen molar-refractivity contribution in [3.05, 3.63) is 29.3 Å². The average Bonchev–Trinajstić information content (AvgIpc) is 2.18. The zero-order valence-electron chi connectivity index (χ0n) is 9.04. The summed E-state index contributed by atoms with van der Waals surface area (Å²) in [6.45, 7) is 1.80. The maximum Gasteiger partial charge on any atom is 0.416 e. The van der Waals surface area contributed by atoms with Gasteiger partial charge >= 0.3 is 12.1 Å². The Morgan fingerprint density at radius 1 is 1.41 bits per heavy atom. The fourth-order valence-corrected chi connectivity index (χ4v) is 2.18. The first kappa shape index (κ1) is 13.9. The number of benzene rings is 1. The molecule has 0 heterocycles. The van der Waals surface area contributed by atoms with E-state index in [1.807, 2.05) is 0 Å². The van der Waals surface area contributed by atoms with Crippen LogP contribution in [0.4, 0.5) is 13.2 Å². The largest absolute Gasteiger partial charge is 0.481 e. The zero-order valence-corrected chi connectivity index (χ0v) is 9.86. The SMILES string of the molecule is CCSc1cc(C(F)(F)F)ccc1CC(=O)O. The third-order valence-corrected chi connectivity index (χ3v) is 3.02. The first-order chi connectivity index (χ1) is 7.84. The van der Waals surface area contributed by atoms with Gasteiger partial charge in [-0.25, -0.2) is 0 Å². The summed E-state index contributed by atoms with van der Waals surface area (Å²) >= 11 is 1.21. The van der Waals surface area contributed by atoms with Gasteiger partial charge in [0.25, 0.3) is 0 Å². The molecule has 0 aliphatic heterocycles. The van der Waals surface area contributed by atoms with Crippen molar-refractivity contribution in [2.24, 2.45) is 0 Å². The fourth-order valence-electron chi connectivity index (χ4n) is 1.33. The summed E-state index contributed by atoms with van der Waals surface area (Å²) in [5.74, 6) is -0.462. The van der Waals surface area contributed by atoms with Crippen molar-refractivity contribution in [3.63, 3.8) is 0 Å². The van der Waals surface area contributed by atoms with Crippen LogP contribution >= 0.6 is 11.8 Å². The number of hydrogen-bond acceptors (Lipinski definition) is 2. The molecule has 0 radical (unpaired) electrons. The summed E-state index contributed by atoms with van der Waals surface area (Å²) in [6.07, 6.45) is -4.66. The zero-order chi connectivity index (χ0) is 13.1. The van der Waals surface area contributed by atoms with Crippen molar-refractivity contribution < 1.29 is 23.1 Å². The first-order valence-corrected chi connectivity index (χ1v) is 5.88. The van der Waals surface area contributed by atoms with Crippen LogP contribution in [0.3, 0.4) is 0 Å². The number of carboxylic acids is 1. The van der Waals surface area contributed by atoms with Gasteiger partial charge in [0.2, 0.25) is 0 Å². The minimum Gasteiger partial charge on any atom is -0.481 e. The molecule has 1 aromatic rings. The van der Waals surface area contributed by atoms with Crippen molar-refractivity contribution in [1.82, 2.24) is 0 Å². The highest BCUT2D eigenvalue weighted by molar-refractivity contribution is 7.99. The predicted octanol–water partition coefficient (Wildman–Crippen LogP) is 3.44. The molecular formula is C11H11F3O2S. The Kier molecular flexibility index (Phi) is 4.45. The van der Waals surface area contributed by atoms with Crippen LogP contribution in [0.15, 0.2) is 23.1 Å². The van der Waals surface area contributed by atoms with Crippen LogP contribution in [0.25, 0.3) is 0 Å². The predicted molar refractivity (Wildman–Crippen MR) is 59.2 cm³/mol. The maximum atomic E-state index is 12.5. The van der Waals surface area contributed by atoms with Crippen LogP contribution in [-0.4, -0.2) is 16.8 Å². The van der Waals surface area contributed by atoms with Gasteiger partial charge < -0.3 is 5.11 Å². The lowest BCUT2D eigenvalue weighted by atomic mass is 10.1. The van der Waals surface area contributed by atoms with E-state index in [2.05, 4.69) is 0 Å². The van der Waals surface area contributed by atoms with Crippen molar-refractivity contribution in [3.8, 4) is 0 Å². The standard InChI is InChI=1S/C11H11F3O2S/c1-2-17-9-6-8(11(12,13)14)4-3-7(9)5-10(15)16/h3-4,6H,2,5H2,1H3,(H,15,16). The number of carboxylic acid groups (broad SMARTS) is 1. The minimum absolute atomic E-state index is 0.263. The van der Waals surface area contributed by atoms with E-state index in [4.69, 9.17) is 5.11 Å². The highest BCUT2D eigenvalue weighted by atomic mass is 32.2. The maximum absolute atomic E-state index is 12.5. The topological polar surface area (TPSA) is 37.3 Å². The van der Waals surface area contributed by atoms with Crippen LogP contribution in [-0.2, 0) is 17.4 Å². The Morgan fingerprint density at radius 2 is 2.06 bits per heavy atom. The lowest BCUT2D eigenvalue weighted by molar-refractivity contribution is -0.137. The molecule has 17 heavy (non-hydrogen) atoms. The van der Waals surface area contributed by atoms with E-state index in [-0.39, 0.29) is 6.42 Å². The molecule has 0 fully saturated rings. The third kappa shape index (κ3) is 3.96. The molecule has 0 aromatic heterocycles. The highest BCUT2D eigenvalue weighted by Crippen LogP contribution is 2.33. The molecule has 0 atom stereocenters. The van der Waals surface area contributed by atoms with Gasteiger partial charge in [-0.1, -0.05) is 13.0 Å². The lowest BCUT2D eigenvalue weighted by Gasteiger charge is -2.11. The van der Waals surface area contributed by atoms with E-state index in [0.717, 1.165) is 12.1 Å². The molecule has 0 saturated carbocycles. The van der Waals surface area contributed by atoms with Gasteiger partial charge in [-0.2, -0.15) is 13.2 Å². The van der Waals surface area contributed by atoms with Crippen LogP contribution in [0, 0.1) is 0 Å². The Labute approximate surface area is 101 Å². The lowest BCUT2D eigenvalue weighted by Crippen LogP contribution is -2.07. The smallest absolute Gasteiger partial charge is 0.416 e. The summed E-state index contributed by atoms with van der Waals surface area (Å²) in [6, 6.07) is 3.15. The number of aliphatic carboxylic acids is 1. The highest BCUT2D eigenvalue weighted by Gasteiger charge is 2.31. The molecule has 6 heteroatoms. The molecule has 0 aliphatic rings. The number of hydrogen-bond donors (Lipinski definition) is 1. The van der Waals surface area contributed by atoms with Gasteiger partial charge in [0, 0.05) is 4.90 Å². The summed E-state index contributed by atoms with van der Waals surface area (Å²) in [4.78, 5) is 11.0. The number of halogens is 3. The van der Waals surface area contributed by atoms with E-state index < -0.39 is 17.7 Å². The fraction of sp³-hybridized carbons (Fsp3) is 0.364. The molecule has 0 bridgehead atoms. The van der Waals surface area contributed by atoms with Crippen molar-refractivity contribution >= 4 is 17.7 Å². The number of alkyl halides is 3. The first-order valence-electron chi connectivity index (χ1n) is 4.89. The molecule has 0 amide bonds. The molecule has 0 spiro atoms. The van der Waals surface area contributed by atoms with E-state index in [0.29, 0.717) is 16.2 Å². The number of thioether (sulfide) groups is 1.